The largest absolute Gasteiger partial charge is 0.475 e. The summed E-state index contributed by atoms with van der Waals surface area (Å²) in [6, 6.07) is 12.1. The van der Waals surface area contributed by atoms with E-state index in [2.05, 4.69) is 0 Å². The first-order valence-corrected chi connectivity index (χ1v) is 5.70. The molecule has 19 heavy (non-hydrogen) atoms. The first kappa shape index (κ1) is 12.9. The maximum atomic E-state index is 12.0. The van der Waals surface area contributed by atoms with Crippen LogP contribution in [0.5, 0.6) is 0 Å². The van der Waals surface area contributed by atoms with Gasteiger partial charge in [0.25, 0.3) is 5.91 Å². The van der Waals surface area contributed by atoms with Crippen LogP contribution in [0.4, 0.5) is 0 Å². The Morgan fingerprint density at radius 2 is 1.74 bits per heavy atom. The zero-order valence-corrected chi connectivity index (χ0v) is 10.4. The maximum absolute atomic E-state index is 12.0. The number of rotatable bonds is 4. The smallest absolute Gasteiger partial charge is 0.371 e. The van der Waals surface area contributed by atoms with Gasteiger partial charge < -0.3 is 14.4 Å². The summed E-state index contributed by atoms with van der Waals surface area (Å²) in [5, 5.41) is 8.74. The monoisotopic (exact) mass is 259 g/mol. The molecule has 0 unspecified atom stereocenters. The Balaban J connectivity index is 2.08. The zero-order valence-electron chi connectivity index (χ0n) is 10.4. The molecule has 0 saturated heterocycles. The van der Waals surface area contributed by atoms with E-state index >= 15 is 0 Å². The van der Waals surface area contributed by atoms with Crippen LogP contribution >= 0.6 is 0 Å². The van der Waals surface area contributed by atoms with E-state index in [4.69, 9.17) is 9.52 Å². The van der Waals surface area contributed by atoms with Gasteiger partial charge in [0.05, 0.1) is 0 Å². The number of carbonyl (C=O) groups excluding carboxylic acids is 1. The Labute approximate surface area is 110 Å². The fraction of sp³-hybridized carbons (Fsp3) is 0.143. The molecule has 1 heterocycles. The average molecular weight is 259 g/mol. The third kappa shape index (κ3) is 3.01. The Kier molecular flexibility index (Phi) is 3.66. The number of nitrogens with zero attached hydrogens (tertiary/aromatic N) is 1. The molecule has 0 radical (unpaired) electrons. The minimum atomic E-state index is -1.19. The molecule has 0 saturated carbocycles. The van der Waals surface area contributed by atoms with E-state index in [1.54, 1.807) is 7.05 Å². The molecule has 2 rings (SSSR count). The molecule has 5 nitrogen and oxygen atoms in total. The Morgan fingerprint density at radius 3 is 2.32 bits per heavy atom. The van der Waals surface area contributed by atoms with Gasteiger partial charge in [-0.1, -0.05) is 30.3 Å². The van der Waals surface area contributed by atoms with Crippen LogP contribution in [0.1, 0.15) is 26.7 Å². The van der Waals surface area contributed by atoms with E-state index < -0.39 is 5.97 Å². The Hall–Kier alpha value is -2.56. The zero-order chi connectivity index (χ0) is 13.8. The Bertz CT molecular complexity index is 589. The predicted molar refractivity (Wildman–Crippen MR) is 67.9 cm³/mol. The van der Waals surface area contributed by atoms with Crippen LogP contribution in [0.25, 0.3) is 0 Å². The van der Waals surface area contributed by atoms with Crippen LogP contribution < -0.4 is 0 Å². The lowest BCUT2D eigenvalue weighted by atomic mass is 10.2. The maximum Gasteiger partial charge on any atom is 0.371 e. The number of carboxylic acid groups (broad SMARTS) is 1. The van der Waals surface area contributed by atoms with Crippen molar-refractivity contribution >= 4 is 11.9 Å². The van der Waals surface area contributed by atoms with Crippen LogP contribution in [0, 0.1) is 0 Å². The number of carbonyl (C=O) groups is 2. The van der Waals surface area contributed by atoms with Crippen molar-refractivity contribution in [1.29, 1.82) is 0 Å². The van der Waals surface area contributed by atoms with Gasteiger partial charge in [0, 0.05) is 13.6 Å². The summed E-state index contributed by atoms with van der Waals surface area (Å²) in [5.41, 5.74) is 0.989. The summed E-state index contributed by atoms with van der Waals surface area (Å²) in [6.45, 7) is 0.433. The van der Waals surface area contributed by atoms with Gasteiger partial charge >= 0.3 is 5.97 Å². The van der Waals surface area contributed by atoms with Gasteiger partial charge in [0.1, 0.15) is 0 Å². The van der Waals surface area contributed by atoms with Crippen LogP contribution in [-0.4, -0.2) is 28.9 Å². The minimum absolute atomic E-state index is 0.0239. The van der Waals surface area contributed by atoms with Crippen molar-refractivity contribution in [3.8, 4) is 0 Å². The third-order valence-corrected chi connectivity index (χ3v) is 2.64. The summed E-state index contributed by atoms with van der Waals surface area (Å²) in [6.07, 6.45) is 0. The number of aromatic carboxylic acids is 1. The lowest BCUT2D eigenvalue weighted by Crippen LogP contribution is -2.25. The molecule has 0 atom stereocenters. The topological polar surface area (TPSA) is 70.8 Å². The van der Waals surface area contributed by atoms with Crippen molar-refractivity contribution in [3.63, 3.8) is 0 Å². The van der Waals surface area contributed by atoms with Crippen LogP contribution in [0.15, 0.2) is 46.9 Å². The summed E-state index contributed by atoms with van der Waals surface area (Å²) >= 11 is 0. The van der Waals surface area contributed by atoms with Gasteiger partial charge in [0.2, 0.25) is 5.76 Å². The van der Waals surface area contributed by atoms with E-state index in [0.29, 0.717) is 6.54 Å². The van der Waals surface area contributed by atoms with Gasteiger partial charge in [-0.3, -0.25) is 4.79 Å². The fourth-order valence-corrected chi connectivity index (χ4v) is 1.68. The van der Waals surface area contributed by atoms with Crippen LogP contribution in [0.3, 0.4) is 0 Å². The van der Waals surface area contributed by atoms with Crippen LogP contribution in [0.2, 0.25) is 0 Å². The molecule has 0 fully saturated rings. The highest BCUT2D eigenvalue weighted by Gasteiger charge is 2.18. The lowest BCUT2D eigenvalue weighted by Gasteiger charge is -2.15. The van der Waals surface area contributed by atoms with Gasteiger partial charge in [-0.25, -0.2) is 4.79 Å². The summed E-state index contributed by atoms with van der Waals surface area (Å²) in [4.78, 5) is 24.2. The number of amides is 1. The minimum Gasteiger partial charge on any atom is -0.475 e. The van der Waals surface area contributed by atoms with E-state index in [1.807, 2.05) is 30.3 Å². The highest BCUT2D eigenvalue weighted by molar-refractivity contribution is 5.93. The molecule has 98 valence electrons. The number of benzene rings is 1. The predicted octanol–water partition coefficient (Wildman–Crippen LogP) is 2.25. The lowest BCUT2D eigenvalue weighted by molar-refractivity contribution is 0.0653. The molecule has 0 spiro atoms. The molecule has 5 heteroatoms. The quantitative estimate of drug-likeness (QED) is 0.914. The second-order valence-electron chi connectivity index (χ2n) is 4.12. The molecule has 0 bridgehead atoms. The normalized spacial score (nSPS) is 10.2. The number of furan rings is 1. The molecule has 0 aliphatic carbocycles. The molecule has 1 amide bonds. The molecule has 2 aromatic rings. The third-order valence-electron chi connectivity index (χ3n) is 2.64. The fourth-order valence-electron chi connectivity index (χ4n) is 1.68. The molecular formula is C14H13NO4. The van der Waals surface area contributed by atoms with Crippen molar-refractivity contribution < 1.29 is 19.1 Å². The molecule has 0 aliphatic heterocycles. The second kappa shape index (κ2) is 5.39. The molecule has 1 aromatic heterocycles. The van der Waals surface area contributed by atoms with E-state index in [9.17, 15) is 9.59 Å². The van der Waals surface area contributed by atoms with E-state index in [-0.39, 0.29) is 17.4 Å². The molecular weight excluding hydrogens is 246 g/mol. The van der Waals surface area contributed by atoms with Crippen molar-refractivity contribution in [2.24, 2.45) is 0 Å². The SMILES string of the molecule is CN(Cc1ccccc1)C(=O)c1ccc(C(=O)O)o1. The van der Waals surface area contributed by atoms with Gasteiger partial charge in [0.15, 0.2) is 5.76 Å². The van der Waals surface area contributed by atoms with Crippen molar-refractivity contribution in [2.75, 3.05) is 7.05 Å². The second-order valence-corrected chi connectivity index (χ2v) is 4.12. The van der Waals surface area contributed by atoms with E-state index in [1.165, 1.54) is 17.0 Å². The van der Waals surface area contributed by atoms with Crippen LogP contribution in [-0.2, 0) is 6.54 Å². The summed E-state index contributed by atoms with van der Waals surface area (Å²) < 4.78 is 4.97. The molecule has 1 aromatic carbocycles. The number of hydrogen-bond donors (Lipinski definition) is 1. The first-order valence-electron chi connectivity index (χ1n) is 5.70. The average Bonchev–Trinajstić information content (AvgIpc) is 2.88. The van der Waals surface area contributed by atoms with Gasteiger partial charge in [-0.15, -0.1) is 0 Å². The highest BCUT2D eigenvalue weighted by atomic mass is 16.4. The standard InChI is InChI=1S/C14H13NO4/c1-15(9-10-5-3-2-4-6-10)13(16)11-7-8-12(19-11)14(17)18/h2-8H,9H2,1H3,(H,17,18). The molecule has 1 N–H and O–H groups in total. The van der Waals surface area contributed by atoms with Gasteiger partial charge in [-0.05, 0) is 17.7 Å². The van der Waals surface area contributed by atoms with Crippen molar-refractivity contribution in [2.45, 2.75) is 6.54 Å². The molecule has 0 aliphatic rings. The number of carboxylic acids is 1. The van der Waals surface area contributed by atoms with Crippen molar-refractivity contribution in [3.05, 3.63) is 59.5 Å². The van der Waals surface area contributed by atoms with Gasteiger partial charge in [-0.2, -0.15) is 0 Å². The number of hydrogen-bond acceptors (Lipinski definition) is 3. The summed E-state index contributed by atoms with van der Waals surface area (Å²) in [5.74, 6) is -1.76. The van der Waals surface area contributed by atoms with E-state index in [0.717, 1.165) is 5.56 Å². The highest BCUT2D eigenvalue weighted by Crippen LogP contribution is 2.12. The first-order chi connectivity index (χ1) is 9.08. The Morgan fingerprint density at radius 1 is 1.11 bits per heavy atom. The summed E-state index contributed by atoms with van der Waals surface area (Å²) in [7, 11) is 1.64. The van der Waals surface area contributed by atoms with Crippen molar-refractivity contribution in [1.82, 2.24) is 4.90 Å².